The van der Waals surface area contributed by atoms with Crippen LogP contribution in [0.1, 0.15) is 0 Å². The quantitative estimate of drug-likeness (QED) is 0.412. The highest BCUT2D eigenvalue weighted by atomic mass is 16.7. The average molecular weight is 378 g/mol. The zero-order valence-electron chi connectivity index (χ0n) is 15.9. The first-order valence-electron chi connectivity index (χ1n) is 8.07. The summed E-state index contributed by atoms with van der Waals surface area (Å²) in [6.45, 7) is 0.162. The normalized spacial score (nSPS) is 10.1. The number of hydrogen-bond acceptors (Lipinski definition) is 8. The van der Waals surface area contributed by atoms with E-state index >= 15 is 0 Å². The van der Waals surface area contributed by atoms with Crippen molar-refractivity contribution in [2.24, 2.45) is 0 Å². The molecule has 146 valence electrons. The molecule has 0 aliphatic heterocycles. The molecule has 2 aromatic carbocycles. The Hall–Kier alpha value is -2.78. The van der Waals surface area contributed by atoms with Crippen molar-refractivity contribution in [3.8, 4) is 34.5 Å². The molecule has 0 saturated heterocycles. The van der Waals surface area contributed by atoms with Crippen molar-refractivity contribution in [3.63, 3.8) is 0 Å². The summed E-state index contributed by atoms with van der Waals surface area (Å²) in [5.74, 6) is 3.21. The second-order valence-corrected chi connectivity index (χ2v) is 5.13. The second kappa shape index (κ2) is 11.0. The van der Waals surface area contributed by atoms with Gasteiger partial charge in [-0.3, -0.25) is 0 Å². The van der Waals surface area contributed by atoms with Crippen molar-refractivity contribution in [2.45, 2.75) is 0 Å². The summed E-state index contributed by atoms with van der Waals surface area (Å²) in [5, 5.41) is 0. The molecule has 0 saturated carbocycles. The van der Waals surface area contributed by atoms with Crippen molar-refractivity contribution in [2.75, 3.05) is 42.0 Å². The highest BCUT2D eigenvalue weighted by Gasteiger charge is 2.12. The molecule has 0 spiro atoms. The van der Waals surface area contributed by atoms with E-state index in [0.29, 0.717) is 34.5 Å². The highest BCUT2D eigenvalue weighted by molar-refractivity contribution is 6.21. The molecule has 0 heterocycles. The molecular weight excluding hydrogens is 355 g/mol. The summed E-state index contributed by atoms with van der Waals surface area (Å²) in [6.07, 6.45) is 0. The fourth-order valence-electron chi connectivity index (χ4n) is 2.10. The van der Waals surface area contributed by atoms with Crippen LogP contribution in [-0.2, 0) is 9.47 Å². The standard InChI is InChI=1S/C18H23BO8/c1-20-11-24-17-9-13(22-3)5-7-15(17)26-19-27-16-8-6-14(23-4)10-18(16)25-12-21-2/h5-10,19H,11-12H2,1-4H3. The van der Waals surface area contributed by atoms with Crippen LogP contribution in [-0.4, -0.2) is 49.7 Å². The van der Waals surface area contributed by atoms with Gasteiger partial charge in [0.1, 0.15) is 23.0 Å². The van der Waals surface area contributed by atoms with E-state index in [1.807, 2.05) is 0 Å². The van der Waals surface area contributed by atoms with Crippen LogP contribution in [0.15, 0.2) is 36.4 Å². The van der Waals surface area contributed by atoms with Gasteiger partial charge >= 0.3 is 7.69 Å². The molecule has 0 N–H and O–H groups in total. The van der Waals surface area contributed by atoms with Crippen LogP contribution in [0.2, 0.25) is 0 Å². The predicted octanol–water partition coefficient (Wildman–Crippen LogP) is 2.39. The van der Waals surface area contributed by atoms with Gasteiger partial charge in [0.15, 0.2) is 25.1 Å². The van der Waals surface area contributed by atoms with Gasteiger partial charge in [-0.1, -0.05) is 0 Å². The van der Waals surface area contributed by atoms with Gasteiger partial charge in [0.25, 0.3) is 0 Å². The Morgan fingerprint density at radius 3 is 1.44 bits per heavy atom. The molecular formula is C18H23BO8. The van der Waals surface area contributed by atoms with Gasteiger partial charge in [-0.05, 0) is 24.3 Å². The van der Waals surface area contributed by atoms with Crippen LogP contribution in [0.5, 0.6) is 34.5 Å². The molecule has 0 aliphatic carbocycles. The number of benzene rings is 2. The molecule has 0 fully saturated rings. The molecule has 27 heavy (non-hydrogen) atoms. The van der Waals surface area contributed by atoms with E-state index in [0.717, 1.165) is 0 Å². The van der Waals surface area contributed by atoms with Gasteiger partial charge in [0.05, 0.1) is 14.2 Å². The molecule has 0 amide bonds. The number of ether oxygens (including phenoxy) is 6. The van der Waals surface area contributed by atoms with Gasteiger partial charge in [0.2, 0.25) is 0 Å². The van der Waals surface area contributed by atoms with Gasteiger partial charge < -0.3 is 37.7 Å². The first kappa shape index (κ1) is 20.5. The Balaban J connectivity index is 2.05. The Morgan fingerprint density at radius 2 is 1.07 bits per heavy atom. The number of methoxy groups -OCH3 is 4. The predicted molar refractivity (Wildman–Crippen MR) is 99.4 cm³/mol. The lowest BCUT2D eigenvalue weighted by molar-refractivity contribution is 0.0492. The largest absolute Gasteiger partial charge is 0.576 e. The Bertz CT molecular complexity index is 650. The van der Waals surface area contributed by atoms with Crippen molar-refractivity contribution in [1.29, 1.82) is 0 Å². The SMILES string of the molecule is COCOc1cc(OC)ccc1OBOc1ccc(OC)cc1OCOC. The van der Waals surface area contributed by atoms with E-state index < -0.39 is 0 Å². The summed E-state index contributed by atoms with van der Waals surface area (Å²) < 4.78 is 42.6. The Kier molecular flexibility index (Phi) is 8.40. The van der Waals surface area contributed by atoms with Gasteiger partial charge in [0, 0.05) is 26.4 Å². The fraction of sp³-hybridized carbons (Fsp3) is 0.333. The molecule has 0 aliphatic rings. The molecule has 0 radical (unpaired) electrons. The number of hydrogen-bond donors (Lipinski definition) is 0. The lowest BCUT2D eigenvalue weighted by atomic mass is 10.2. The maximum absolute atomic E-state index is 5.68. The first-order valence-corrected chi connectivity index (χ1v) is 8.07. The van der Waals surface area contributed by atoms with E-state index in [2.05, 4.69) is 0 Å². The van der Waals surface area contributed by atoms with Crippen molar-refractivity contribution in [1.82, 2.24) is 0 Å². The molecule has 0 bridgehead atoms. The molecule has 0 aromatic heterocycles. The highest BCUT2D eigenvalue weighted by Crippen LogP contribution is 2.33. The Morgan fingerprint density at radius 1 is 0.630 bits per heavy atom. The summed E-state index contributed by atoms with van der Waals surface area (Å²) in [4.78, 5) is 0. The minimum atomic E-state index is -0.0641. The lowest BCUT2D eigenvalue weighted by Gasteiger charge is -2.15. The van der Waals surface area contributed by atoms with Crippen LogP contribution in [0.4, 0.5) is 0 Å². The minimum absolute atomic E-state index is 0.0641. The van der Waals surface area contributed by atoms with Crippen LogP contribution in [0.3, 0.4) is 0 Å². The van der Waals surface area contributed by atoms with E-state index in [4.69, 9.17) is 37.7 Å². The molecule has 2 aromatic rings. The van der Waals surface area contributed by atoms with Crippen LogP contribution in [0, 0.1) is 0 Å². The molecule has 0 atom stereocenters. The van der Waals surface area contributed by atoms with Crippen molar-refractivity contribution < 1.29 is 37.7 Å². The smallest absolute Gasteiger partial charge is 0.526 e. The maximum atomic E-state index is 5.68. The monoisotopic (exact) mass is 378 g/mol. The van der Waals surface area contributed by atoms with Crippen LogP contribution < -0.4 is 28.3 Å². The topological polar surface area (TPSA) is 73.8 Å². The second-order valence-electron chi connectivity index (χ2n) is 5.13. The van der Waals surface area contributed by atoms with Crippen LogP contribution >= 0.6 is 0 Å². The zero-order chi connectivity index (χ0) is 19.5. The first-order chi connectivity index (χ1) is 13.2. The van der Waals surface area contributed by atoms with Crippen molar-refractivity contribution in [3.05, 3.63) is 36.4 Å². The van der Waals surface area contributed by atoms with Crippen LogP contribution in [0.25, 0.3) is 0 Å². The van der Waals surface area contributed by atoms with E-state index in [1.165, 1.54) is 14.2 Å². The third kappa shape index (κ3) is 6.16. The van der Waals surface area contributed by atoms with Gasteiger partial charge in [-0.25, -0.2) is 0 Å². The zero-order valence-corrected chi connectivity index (χ0v) is 15.9. The Labute approximate surface area is 159 Å². The van der Waals surface area contributed by atoms with Gasteiger partial charge in [-0.2, -0.15) is 0 Å². The third-order valence-corrected chi connectivity index (χ3v) is 3.40. The summed E-state index contributed by atoms with van der Waals surface area (Å²) >= 11 is 0. The lowest BCUT2D eigenvalue weighted by Crippen LogP contribution is -2.13. The van der Waals surface area contributed by atoms with E-state index in [1.54, 1.807) is 50.6 Å². The average Bonchev–Trinajstić information content (AvgIpc) is 2.71. The summed E-state index contributed by atoms with van der Waals surface area (Å²) in [6, 6.07) is 10.4. The van der Waals surface area contributed by atoms with E-state index in [-0.39, 0.29) is 21.3 Å². The summed E-state index contributed by atoms with van der Waals surface area (Å²) in [5.41, 5.74) is 0. The molecule has 0 unspecified atom stereocenters. The summed E-state index contributed by atoms with van der Waals surface area (Å²) in [7, 11) is 6.16. The van der Waals surface area contributed by atoms with Crippen molar-refractivity contribution >= 4 is 7.69 Å². The fourth-order valence-corrected chi connectivity index (χ4v) is 2.10. The number of rotatable bonds is 12. The molecule has 9 heteroatoms. The molecule has 2 rings (SSSR count). The minimum Gasteiger partial charge on any atom is -0.526 e. The van der Waals surface area contributed by atoms with E-state index in [9.17, 15) is 0 Å². The maximum Gasteiger partial charge on any atom is 0.576 e. The van der Waals surface area contributed by atoms with Gasteiger partial charge in [-0.15, -0.1) is 0 Å². The third-order valence-electron chi connectivity index (χ3n) is 3.40. The molecule has 8 nitrogen and oxygen atoms in total.